The van der Waals surface area contributed by atoms with Gasteiger partial charge in [0.15, 0.2) is 11.5 Å². The highest BCUT2D eigenvalue weighted by Crippen LogP contribution is 2.34. The predicted octanol–water partition coefficient (Wildman–Crippen LogP) is 2.58. The van der Waals surface area contributed by atoms with Crippen LogP contribution in [0.3, 0.4) is 0 Å². The summed E-state index contributed by atoms with van der Waals surface area (Å²) in [5, 5.41) is 13.7. The van der Waals surface area contributed by atoms with Gasteiger partial charge in [-0.3, -0.25) is 0 Å². The largest absolute Gasteiger partial charge is 0.486 e. The Morgan fingerprint density at radius 1 is 1.39 bits per heavy atom. The van der Waals surface area contributed by atoms with Crippen molar-refractivity contribution in [2.24, 2.45) is 5.11 Å². The third-order valence-electron chi connectivity index (χ3n) is 2.89. The van der Waals surface area contributed by atoms with Gasteiger partial charge in [0, 0.05) is 4.91 Å². The average Bonchev–Trinajstić information content (AvgIpc) is 2.43. The van der Waals surface area contributed by atoms with E-state index in [2.05, 4.69) is 10.0 Å². The first-order valence-corrected chi connectivity index (χ1v) is 5.88. The minimum absolute atomic E-state index is 0.474. The van der Waals surface area contributed by atoms with Crippen LogP contribution >= 0.6 is 0 Å². The lowest BCUT2D eigenvalue weighted by molar-refractivity contribution is 0.141. The molecule has 0 saturated heterocycles. The summed E-state index contributed by atoms with van der Waals surface area (Å²) in [5.74, 6) is 1.29. The molecule has 6 nitrogen and oxygen atoms in total. The number of fused-ring (bicyclic) bond motifs is 1. The minimum atomic E-state index is -0.832. The molecule has 1 heterocycles. The second kappa shape index (κ2) is 5.62. The van der Waals surface area contributed by atoms with Gasteiger partial charge in [-0.05, 0) is 29.6 Å². The first-order valence-electron chi connectivity index (χ1n) is 5.88. The fourth-order valence-corrected chi connectivity index (χ4v) is 1.90. The molecular formula is C12H15N3O3. The molecule has 6 heteroatoms. The van der Waals surface area contributed by atoms with Crippen LogP contribution in [0.1, 0.15) is 25.0 Å². The second-order valence-corrected chi connectivity index (χ2v) is 4.03. The van der Waals surface area contributed by atoms with Crippen molar-refractivity contribution in [1.82, 2.24) is 0 Å². The molecule has 0 aromatic heterocycles. The summed E-state index contributed by atoms with van der Waals surface area (Å²) < 4.78 is 10.9. The standard InChI is InChI=1S/C12H15N3O3/c1-2-9(14-15-13)12(16)8-3-4-10-11(7-8)18-6-5-17-10/h3-4,7,9,12,16H,2,5-6H2,1H3/t9-,12-/m1/s1. The van der Waals surface area contributed by atoms with Crippen LogP contribution in [0.25, 0.3) is 10.4 Å². The summed E-state index contributed by atoms with van der Waals surface area (Å²) in [6.07, 6.45) is -0.263. The zero-order chi connectivity index (χ0) is 13.0. The minimum Gasteiger partial charge on any atom is -0.486 e. The molecule has 96 valence electrons. The lowest BCUT2D eigenvalue weighted by Gasteiger charge is -2.22. The molecule has 1 aromatic carbocycles. The summed E-state index contributed by atoms with van der Waals surface area (Å²) in [5.41, 5.74) is 9.12. The number of nitrogens with zero attached hydrogens (tertiary/aromatic N) is 3. The number of aliphatic hydroxyl groups excluding tert-OH is 1. The fraction of sp³-hybridized carbons (Fsp3) is 0.500. The lowest BCUT2D eigenvalue weighted by atomic mass is 10.0. The average molecular weight is 249 g/mol. The van der Waals surface area contributed by atoms with E-state index in [4.69, 9.17) is 15.0 Å². The van der Waals surface area contributed by atoms with Crippen molar-refractivity contribution in [3.05, 3.63) is 34.2 Å². The van der Waals surface area contributed by atoms with Crippen LogP contribution < -0.4 is 9.47 Å². The summed E-state index contributed by atoms with van der Waals surface area (Å²) in [4.78, 5) is 2.75. The van der Waals surface area contributed by atoms with E-state index >= 15 is 0 Å². The monoisotopic (exact) mass is 249 g/mol. The number of hydrogen-bond acceptors (Lipinski definition) is 4. The molecule has 0 amide bonds. The molecule has 0 unspecified atom stereocenters. The van der Waals surface area contributed by atoms with Gasteiger partial charge in [0.1, 0.15) is 13.2 Å². The van der Waals surface area contributed by atoms with Gasteiger partial charge < -0.3 is 14.6 Å². The Balaban J connectivity index is 2.24. The smallest absolute Gasteiger partial charge is 0.161 e. The van der Waals surface area contributed by atoms with Gasteiger partial charge in [0.05, 0.1) is 12.1 Å². The van der Waals surface area contributed by atoms with E-state index in [1.807, 2.05) is 6.92 Å². The first-order chi connectivity index (χ1) is 8.76. The van der Waals surface area contributed by atoms with E-state index < -0.39 is 12.1 Å². The van der Waals surface area contributed by atoms with Crippen molar-refractivity contribution in [2.45, 2.75) is 25.5 Å². The van der Waals surface area contributed by atoms with E-state index in [1.54, 1.807) is 18.2 Å². The molecule has 2 rings (SSSR count). The number of aliphatic hydroxyl groups is 1. The Kier molecular flexibility index (Phi) is 3.92. The Morgan fingerprint density at radius 3 is 2.78 bits per heavy atom. The molecule has 2 atom stereocenters. The van der Waals surface area contributed by atoms with Crippen molar-refractivity contribution < 1.29 is 14.6 Å². The van der Waals surface area contributed by atoms with E-state index in [9.17, 15) is 5.11 Å². The molecular weight excluding hydrogens is 234 g/mol. The number of benzene rings is 1. The highest BCUT2D eigenvalue weighted by molar-refractivity contribution is 5.44. The summed E-state index contributed by atoms with van der Waals surface area (Å²) in [6, 6.07) is 4.77. The SMILES string of the molecule is CC[C@@H](N=[N+]=[N-])[C@H](O)c1ccc2c(c1)OCCO2. The van der Waals surface area contributed by atoms with Gasteiger partial charge in [-0.25, -0.2) is 0 Å². The zero-order valence-electron chi connectivity index (χ0n) is 10.1. The van der Waals surface area contributed by atoms with Gasteiger partial charge in [0.25, 0.3) is 0 Å². The predicted molar refractivity (Wildman–Crippen MR) is 65.6 cm³/mol. The molecule has 1 N–H and O–H groups in total. The van der Waals surface area contributed by atoms with E-state index in [0.29, 0.717) is 36.7 Å². The van der Waals surface area contributed by atoms with E-state index in [-0.39, 0.29) is 0 Å². The molecule has 1 aliphatic heterocycles. The molecule has 0 spiro atoms. The Hall–Kier alpha value is -1.91. The van der Waals surface area contributed by atoms with Crippen molar-refractivity contribution in [2.75, 3.05) is 13.2 Å². The third kappa shape index (κ3) is 2.50. The quantitative estimate of drug-likeness (QED) is 0.505. The first kappa shape index (κ1) is 12.5. The van der Waals surface area contributed by atoms with Crippen LogP contribution in [0.2, 0.25) is 0 Å². The number of ether oxygens (including phenoxy) is 2. The normalized spacial score (nSPS) is 16.6. The maximum atomic E-state index is 10.2. The molecule has 0 radical (unpaired) electrons. The lowest BCUT2D eigenvalue weighted by Crippen LogP contribution is -2.18. The van der Waals surface area contributed by atoms with E-state index in [1.165, 1.54) is 0 Å². The Morgan fingerprint density at radius 2 is 2.11 bits per heavy atom. The van der Waals surface area contributed by atoms with Crippen molar-refractivity contribution in [3.8, 4) is 11.5 Å². The summed E-state index contributed by atoms with van der Waals surface area (Å²) >= 11 is 0. The van der Waals surface area contributed by atoms with Crippen LogP contribution in [0.5, 0.6) is 11.5 Å². The highest BCUT2D eigenvalue weighted by atomic mass is 16.6. The van der Waals surface area contributed by atoms with Gasteiger partial charge in [-0.1, -0.05) is 18.1 Å². The zero-order valence-corrected chi connectivity index (χ0v) is 10.1. The van der Waals surface area contributed by atoms with E-state index in [0.717, 1.165) is 0 Å². The Bertz CT molecular complexity index is 472. The van der Waals surface area contributed by atoms with Gasteiger partial charge in [0.2, 0.25) is 0 Å². The van der Waals surface area contributed by atoms with Crippen LogP contribution in [-0.4, -0.2) is 24.4 Å². The van der Waals surface area contributed by atoms with Crippen LogP contribution in [-0.2, 0) is 0 Å². The fourth-order valence-electron chi connectivity index (χ4n) is 1.90. The molecule has 0 fully saturated rings. The molecule has 1 aromatic rings. The third-order valence-corrected chi connectivity index (χ3v) is 2.89. The molecule has 0 bridgehead atoms. The molecule has 1 aliphatic rings. The van der Waals surface area contributed by atoms with Crippen molar-refractivity contribution >= 4 is 0 Å². The van der Waals surface area contributed by atoms with Crippen LogP contribution in [0.4, 0.5) is 0 Å². The van der Waals surface area contributed by atoms with Crippen LogP contribution in [0.15, 0.2) is 23.3 Å². The summed E-state index contributed by atoms with van der Waals surface area (Å²) in [6.45, 7) is 2.89. The number of azide groups is 1. The topological polar surface area (TPSA) is 87.5 Å². The molecule has 0 saturated carbocycles. The second-order valence-electron chi connectivity index (χ2n) is 4.03. The highest BCUT2D eigenvalue weighted by Gasteiger charge is 2.20. The molecule has 18 heavy (non-hydrogen) atoms. The number of hydrogen-bond donors (Lipinski definition) is 1. The maximum absolute atomic E-state index is 10.2. The van der Waals surface area contributed by atoms with Gasteiger partial charge in [-0.2, -0.15) is 0 Å². The summed E-state index contributed by atoms with van der Waals surface area (Å²) in [7, 11) is 0. The maximum Gasteiger partial charge on any atom is 0.161 e. The van der Waals surface area contributed by atoms with Crippen LogP contribution in [0, 0.1) is 0 Å². The molecule has 0 aliphatic carbocycles. The Labute approximate surface area is 105 Å². The van der Waals surface area contributed by atoms with Gasteiger partial charge in [-0.15, -0.1) is 0 Å². The van der Waals surface area contributed by atoms with Crippen molar-refractivity contribution in [3.63, 3.8) is 0 Å². The van der Waals surface area contributed by atoms with Crippen molar-refractivity contribution in [1.29, 1.82) is 0 Å². The number of rotatable bonds is 4. The van der Waals surface area contributed by atoms with Gasteiger partial charge >= 0.3 is 0 Å².